The third-order valence-electron chi connectivity index (χ3n) is 3.78. The van der Waals surface area contributed by atoms with Crippen molar-refractivity contribution in [2.75, 3.05) is 5.75 Å². The van der Waals surface area contributed by atoms with Gasteiger partial charge >= 0.3 is 6.18 Å². The van der Waals surface area contributed by atoms with Crippen LogP contribution in [0.2, 0.25) is 0 Å². The smallest absolute Gasteiger partial charge is 0.245 e. The van der Waals surface area contributed by atoms with Crippen molar-refractivity contribution in [3.8, 4) is 6.07 Å². The van der Waals surface area contributed by atoms with Crippen molar-refractivity contribution in [2.24, 2.45) is 0 Å². The average molecular weight is 328 g/mol. The Morgan fingerprint density at radius 1 is 1.18 bits per heavy atom. The molecule has 0 amide bonds. The van der Waals surface area contributed by atoms with Gasteiger partial charge in [0.1, 0.15) is 11.1 Å². The quantitative estimate of drug-likeness (QED) is 0.721. The molecule has 0 atom stereocenters. The molecule has 0 N–H and O–H groups in total. The summed E-state index contributed by atoms with van der Waals surface area (Å²) in [5.74, 6) is 0.664. The highest BCUT2D eigenvalue weighted by Gasteiger charge is 2.39. The predicted octanol–water partition coefficient (Wildman–Crippen LogP) is 5.13. The zero-order valence-electron chi connectivity index (χ0n) is 12.6. The van der Waals surface area contributed by atoms with Crippen LogP contribution in [0.15, 0.2) is 5.03 Å². The molecule has 2 nitrogen and oxygen atoms in total. The van der Waals surface area contributed by atoms with Crippen LogP contribution in [-0.4, -0.2) is 10.7 Å². The summed E-state index contributed by atoms with van der Waals surface area (Å²) >= 11 is 1.25. The molecule has 0 saturated heterocycles. The van der Waals surface area contributed by atoms with Gasteiger partial charge in [0.2, 0.25) is 0 Å². The molecule has 1 heterocycles. The normalized spacial score (nSPS) is 15.6. The van der Waals surface area contributed by atoms with Crippen LogP contribution in [0.25, 0.3) is 0 Å². The standard InChI is InChI=1S/C16H19F3N2S/c1-2-9-22-15-12(10-20)14(16(17,18)19)11-7-5-3-4-6-8-13(11)21-15/h2-9H2,1H3. The van der Waals surface area contributed by atoms with E-state index in [-0.39, 0.29) is 16.2 Å². The molecule has 0 bridgehead atoms. The highest BCUT2D eigenvalue weighted by molar-refractivity contribution is 7.99. The Bertz CT molecular complexity index is 576. The number of nitrogens with zero attached hydrogens (tertiary/aromatic N) is 2. The molecule has 0 unspecified atom stereocenters. The first-order chi connectivity index (χ1) is 10.5. The van der Waals surface area contributed by atoms with E-state index in [4.69, 9.17) is 0 Å². The predicted molar refractivity (Wildman–Crippen MR) is 80.8 cm³/mol. The van der Waals surface area contributed by atoms with E-state index in [0.717, 1.165) is 32.1 Å². The van der Waals surface area contributed by atoms with Gasteiger partial charge in [-0.2, -0.15) is 18.4 Å². The van der Waals surface area contributed by atoms with E-state index in [9.17, 15) is 18.4 Å². The van der Waals surface area contributed by atoms with Crippen molar-refractivity contribution in [2.45, 2.75) is 63.1 Å². The lowest BCUT2D eigenvalue weighted by Gasteiger charge is -2.21. The number of alkyl halides is 3. The maximum absolute atomic E-state index is 13.6. The van der Waals surface area contributed by atoms with Crippen LogP contribution in [0.3, 0.4) is 0 Å². The Morgan fingerprint density at radius 3 is 2.45 bits per heavy atom. The maximum Gasteiger partial charge on any atom is 0.418 e. The topological polar surface area (TPSA) is 36.7 Å². The first kappa shape index (κ1) is 17.1. The van der Waals surface area contributed by atoms with Crippen molar-refractivity contribution < 1.29 is 13.2 Å². The molecule has 0 spiro atoms. The average Bonchev–Trinajstić information content (AvgIpc) is 2.44. The SMILES string of the molecule is CCCSc1nc2c(c(C(F)(F)F)c1C#N)CCCCCC2. The molecule has 1 aliphatic rings. The van der Waals surface area contributed by atoms with Crippen LogP contribution in [0.4, 0.5) is 13.2 Å². The molecule has 22 heavy (non-hydrogen) atoms. The van der Waals surface area contributed by atoms with Gasteiger partial charge in [-0.05, 0) is 43.4 Å². The van der Waals surface area contributed by atoms with Gasteiger partial charge in [0, 0.05) is 5.69 Å². The Morgan fingerprint density at radius 2 is 1.86 bits per heavy atom. The summed E-state index contributed by atoms with van der Waals surface area (Å²) < 4.78 is 40.7. The van der Waals surface area contributed by atoms with Gasteiger partial charge in [0.05, 0.1) is 11.1 Å². The fraction of sp³-hybridized carbons (Fsp3) is 0.625. The number of aromatic nitrogens is 1. The second-order valence-corrected chi connectivity index (χ2v) is 6.55. The number of aryl methyl sites for hydroxylation is 1. The van der Waals surface area contributed by atoms with Crippen LogP contribution in [0.5, 0.6) is 0 Å². The minimum absolute atomic E-state index is 0.246. The van der Waals surface area contributed by atoms with E-state index in [1.165, 1.54) is 11.8 Å². The maximum atomic E-state index is 13.6. The van der Waals surface area contributed by atoms with Crippen LogP contribution >= 0.6 is 11.8 Å². The Kier molecular flexibility index (Phi) is 5.74. The molecule has 120 valence electrons. The summed E-state index contributed by atoms with van der Waals surface area (Å²) in [5.41, 5.74) is -0.222. The summed E-state index contributed by atoms with van der Waals surface area (Å²) in [4.78, 5) is 4.44. The summed E-state index contributed by atoms with van der Waals surface area (Å²) in [7, 11) is 0. The molecule has 0 saturated carbocycles. The number of pyridine rings is 1. The van der Waals surface area contributed by atoms with Gasteiger partial charge in [-0.15, -0.1) is 11.8 Å². The van der Waals surface area contributed by atoms with Crippen molar-refractivity contribution >= 4 is 11.8 Å². The van der Waals surface area contributed by atoms with Crippen LogP contribution in [-0.2, 0) is 19.0 Å². The monoisotopic (exact) mass is 328 g/mol. The minimum Gasteiger partial charge on any atom is -0.245 e. The van der Waals surface area contributed by atoms with E-state index in [2.05, 4.69) is 4.98 Å². The molecule has 1 aromatic rings. The lowest BCUT2D eigenvalue weighted by molar-refractivity contribution is -0.138. The molecule has 0 fully saturated rings. The minimum atomic E-state index is -4.50. The van der Waals surface area contributed by atoms with E-state index in [1.807, 2.05) is 6.92 Å². The van der Waals surface area contributed by atoms with E-state index < -0.39 is 11.7 Å². The molecular weight excluding hydrogens is 309 g/mol. The molecule has 2 rings (SSSR count). The second kappa shape index (κ2) is 7.36. The van der Waals surface area contributed by atoms with Crippen LogP contribution in [0, 0.1) is 11.3 Å². The zero-order chi connectivity index (χ0) is 16.2. The number of nitriles is 1. The zero-order valence-corrected chi connectivity index (χ0v) is 13.4. The number of hydrogen-bond donors (Lipinski definition) is 0. The number of rotatable bonds is 3. The lowest BCUT2D eigenvalue weighted by atomic mass is 9.91. The Hall–Kier alpha value is -1.22. The largest absolute Gasteiger partial charge is 0.418 e. The van der Waals surface area contributed by atoms with Gasteiger partial charge in [-0.25, -0.2) is 4.98 Å². The summed E-state index contributed by atoms with van der Waals surface area (Å²) in [6.07, 6.45) is 0.818. The van der Waals surface area contributed by atoms with Crippen LogP contribution in [0.1, 0.15) is 61.4 Å². The first-order valence-electron chi connectivity index (χ1n) is 7.64. The first-order valence-corrected chi connectivity index (χ1v) is 8.63. The Balaban J connectivity index is 2.63. The summed E-state index contributed by atoms with van der Waals surface area (Å²) in [6, 6.07) is 1.76. The van der Waals surface area contributed by atoms with Gasteiger partial charge in [0.25, 0.3) is 0 Å². The molecule has 6 heteroatoms. The molecular formula is C16H19F3N2S. The summed E-state index contributed by atoms with van der Waals surface area (Å²) in [5, 5.41) is 9.53. The number of halogens is 3. The van der Waals surface area contributed by atoms with Crippen molar-refractivity contribution in [1.82, 2.24) is 4.98 Å². The third kappa shape index (κ3) is 3.75. The number of hydrogen-bond acceptors (Lipinski definition) is 3. The highest BCUT2D eigenvalue weighted by Crippen LogP contribution is 2.40. The summed E-state index contributed by atoms with van der Waals surface area (Å²) in [6.45, 7) is 1.96. The van der Waals surface area contributed by atoms with Gasteiger partial charge in [-0.3, -0.25) is 0 Å². The molecule has 0 aliphatic heterocycles. The van der Waals surface area contributed by atoms with E-state index >= 15 is 0 Å². The molecule has 0 aromatic carbocycles. The molecule has 1 aliphatic carbocycles. The van der Waals surface area contributed by atoms with E-state index in [1.54, 1.807) is 6.07 Å². The number of fused-ring (bicyclic) bond motifs is 1. The fourth-order valence-corrected chi connectivity index (χ4v) is 3.66. The van der Waals surface area contributed by atoms with Crippen LogP contribution < -0.4 is 0 Å². The van der Waals surface area contributed by atoms with Crippen molar-refractivity contribution in [3.63, 3.8) is 0 Å². The third-order valence-corrected chi connectivity index (χ3v) is 4.96. The fourth-order valence-electron chi connectivity index (χ4n) is 2.79. The Labute approximate surface area is 133 Å². The van der Waals surface area contributed by atoms with Gasteiger partial charge < -0.3 is 0 Å². The van der Waals surface area contributed by atoms with Gasteiger partial charge in [-0.1, -0.05) is 19.8 Å². The molecule has 0 radical (unpaired) electrons. The van der Waals surface area contributed by atoms with Crippen molar-refractivity contribution in [3.05, 3.63) is 22.4 Å². The van der Waals surface area contributed by atoms with Crippen molar-refractivity contribution in [1.29, 1.82) is 5.26 Å². The number of thioether (sulfide) groups is 1. The second-order valence-electron chi connectivity index (χ2n) is 5.46. The van der Waals surface area contributed by atoms with E-state index in [0.29, 0.717) is 24.3 Å². The van der Waals surface area contributed by atoms with Gasteiger partial charge in [0.15, 0.2) is 0 Å². The molecule has 1 aromatic heterocycles. The highest BCUT2D eigenvalue weighted by atomic mass is 32.2. The lowest BCUT2D eigenvalue weighted by Crippen LogP contribution is -2.18.